The van der Waals surface area contributed by atoms with E-state index in [1.807, 2.05) is 13.1 Å². The summed E-state index contributed by atoms with van der Waals surface area (Å²) in [5.74, 6) is 0.536. The van der Waals surface area contributed by atoms with E-state index in [-0.39, 0.29) is 6.17 Å². The van der Waals surface area contributed by atoms with E-state index in [0.717, 1.165) is 37.2 Å². The van der Waals surface area contributed by atoms with Gasteiger partial charge in [0.1, 0.15) is 12.0 Å². The average molecular weight is 302 g/mol. The summed E-state index contributed by atoms with van der Waals surface area (Å²) in [5, 5.41) is 6.59. The third-order valence-electron chi connectivity index (χ3n) is 3.65. The van der Waals surface area contributed by atoms with Gasteiger partial charge in [0.05, 0.1) is 6.54 Å². The Morgan fingerprint density at radius 1 is 1.59 bits per heavy atom. The number of rotatable bonds is 6. The number of hydrogen-bond acceptors (Lipinski definition) is 6. The van der Waals surface area contributed by atoms with E-state index in [1.54, 1.807) is 0 Å². The van der Waals surface area contributed by atoms with Crippen LogP contribution in [0.2, 0.25) is 0 Å². The highest BCUT2D eigenvalue weighted by Gasteiger charge is 2.20. The van der Waals surface area contributed by atoms with Gasteiger partial charge < -0.3 is 27.0 Å². The van der Waals surface area contributed by atoms with Gasteiger partial charge in [-0.15, -0.1) is 6.58 Å². The Bertz CT molecular complexity index is 529. The molecule has 1 unspecified atom stereocenters. The van der Waals surface area contributed by atoms with E-state index >= 15 is 0 Å². The highest BCUT2D eigenvalue weighted by Crippen LogP contribution is 2.24. The van der Waals surface area contributed by atoms with Crippen molar-refractivity contribution in [3.63, 3.8) is 0 Å². The minimum absolute atomic E-state index is 0.314. The molecule has 0 spiro atoms. The molecule has 22 heavy (non-hydrogen) atoms. The molecule has 0 fully saturated rings. The number of nitrogens with two attached hydrogens (primary N) is 2. The normalized spacial score (nSPS) is 21.9. The van der Waals surface area contributed by atoms with E-state index in [2.05, 4.69) is 45.6 Å². The lowest BCUT2D eigenvalue weighted by Gasteiger charge is -2.24. The third kappa shape index (κ3) is 3.99. The molecular formula is C16H26N6. The molecule has 1 atom stereocenters. The number of nitrogens with one attached hydrogen (secondary N) is 2. The smallest absolute Gasteiger partial charge is 0.125 e. The van der Waals surface area contributed by atoms with Crippen LogP contribution in [-0.4, -0.2) is 43.6 Å². The summed E-state index contributed by atoms with van der Waals surface area (Å²) in [4.78, 5) is 6.47. The average Bonchev–Trinajstić information content (AvgIpc) is 2.64. The second-order valence-corrected chi connectivity index (χ2v) is 5.40. The zero-order valence-electron chi connectivity index (χ0n) is 13.2. The second kappa shape index (κ2) is 7.82. The first kappa shape index (κ1) is 16.3. The van der Waals surface area contributed by atoms with Gasteiger partial charge in [0.25, 0.3) is 0 Å². The molecule has 0 saturated carbocycles. The van der Waals surface area contributed by atoms with Crippen LogP contribution in [0.5, 0.6) is 0 Å². The quantitative estimate of drug-likeness (QED) is 0.533. The van der Waals surface area contributed by atoms with Gasteiger partial charge in [-0.25, -0.2) is 4.99 Å². The molecule has 2 heterocycles. The summed E-state index contributed by atoms with van der Waals surface area (Å²) in [7, 11) is 1.93. The lowest BCUT2D eigenvalue weighted by molar-refractivity contribution is 0.546. The lowest BCUT2D eigenvalue weighted by Crippen LogP contribution is -2.31. The fourth-order valence-electron chi connectivity index (χ4n) is 2.59. The first-order valence-corrected chi connectivity index (χ1v) is 7.61. The highest BCUT2D eigenvalue weighted by molar-refractivity contribution is 5.98. The number of hydrogen-bond donors (Lipinski definition) is 4. The van der Waals surface area contributed by atoms with Gasteiger partial charge in [-0.1, -0.05) is 12.2 Å². The van der Waals surface area contributed by atoms with Crippen LogP contribution in [0.1, 0.15) is 12.8 Å². The maximum absolute atomic E-state index is 6.17. The van der Waals surface area contributed by atoms with Crippen molar-refractivity contribution in [3.8, 4) is 0 Å². The van der Waals surface area contributed by atoms with E-state index < -0.39 is 0 Å². The van der Waals surface area contributed by atoms with Crippen molar-refractivity contribution in [1.29, 1.82) is 0 Å². The topological polar surface area (TPSA) is 91.7 Å². The molecule has 0 saturated heterocycles. The van der Waals surface area contributed by atoms with Crippen molar-refractivity contribution in [2.45, 2.75) is 19.0 Å². The van der Waals surface area contributed by atoms with Crippen molar-refractivity contribution in [2.24, 2.45) is 16.5 Å². The fourth-order valence-corrected chi connectivity index (χ4v) is 2.59. The van der Waals surface area contributed by atoms with Crippen molar-refractivity contribution in [1.82, 2.24) is 15.5 Å². The zero-order valence-corrected chi connectivity index (χ0v) is 13.2. The second-order valence-electron chi connectivity index (χ2n) is 5.40. The van der Waals surface area contributed by atoms with Crippen molar-refractivity contribution in [3.05, 3.63) is 48.0 Å². The minimum atomic E-state index is -0.314. The maximum atomic E-state index is 6.17. The highest BCUT2D eigenvalue weighted by atomic mass is 15.1. The van der Waals surface area contributed by atoms with Crippen molar-refractivity contribution < 1.29 is 0 Å². The van der Waals surface area contributed by atoms with Crippen LogP contribution in [-0.2, 0) is 0 Å². The van der Waals surface area contributed by atoms with Crippen molar-refractivity contribution >= 4 is 5.84 Å². The molecule has 120 valence electrons. The Labute approximate surface area is 132 Å². The van der Waals surface area contributed by atoms with E-state index in [9.17, 15) is 0 Å². The molecule has 0 aromatic rings. The molecule has 0 bridgehead atoms. The Hall–Kier alpha value is -2.05. The predicted octanol–water partition coefficient (Wildman–Crippen LogP) is 0.385. The van der Waals surface area contributed by atoms with Crippen LogP contribution in [0.15, 0.2) is 53.0 Å². The van der Waals surface area contributed by atoms with Gasteiger partial charge in [0, 0.05) is 30.2 Å². The number of aliphatic imine (C=N–C) groups is 1. The predicted molar refractivity (Wildman–Crippen MR) is 91.9 cm³/mol. The first-order valence-electron chi connectivity index (χ1n) is 7.61. The summed E-state index contributed by atoms with van der Waals surface area (Å²) < 4.78 is 0. The monoisotopic (exact) mass is 302 g/mol. The van der Waals surface area contributed by atoms with Gasteiger partial charge in [-0.05, 0) is 32.0 Å². The SMILES string of the molecule is C=CCN1C=CCC(C2=C(CCNC)C(N)=NC(N)CN2)=C1. The Morgan fingerprint density at radius 2 is 2.41 bits per heavy atom. The number of nitrogens with zero attached hydrogens (tertiary/aromatic N) is 2. The summed E-state index contributed by atoms with van der Waals surface area (Å²) in [6, 6.07) is 0. The molecule has 6 heteroatoms. The van der Waals surface area contributed by atoms with Crippen LogP contribution in [0.25, 0.3) is 0 Å². The van der Waals surface area contributed by atoms with Crippen molar-refractivity contribution in [2.75, 3.05) is 26.7 Å². The lowest BCUT2D eigenvalue weighted by atomic mass is 10.00. The van der Waals surface area contributed by atoms with Gasteiger partial charge in [-0.2, -0.15) is 0 Å². The molecule has 2 rings (SSSR count). The Morgan fingerprint density at radius 3 is 3.14 bits per heavy atom. The zero-order chi connectivity index (χ0) is 15.9. The molecule has 6 N–H and O–H groups in total. The standard InChI is InChI=1S/C16H26N6/c1-3-8-22-9-4-5-12(11-22)15-13(6-7-19-2)16(18)21-14(17)10-20-15/h3-4,9,11,14,19-20H,1,5-8,10,17H2,2H3,(H2,18,21). The number of amidine groups is 1. The summed E-state index contributed by atoms with van der Waals surface area (Å²) in [6.45, 7) is 5.99. The fraction of sp³-hybridized carbons (Fsp3) is 0.438. The maximum Gasteiger partial charge on any atom is 0.125 e. The minimum Gasteiger partial charge on any atom is -0.384 e. The van der Waals surface area contributed by atoms with Crippen LogP contribution in [0.3, 0.4) is 0 Å². The van der Waals surface area contributed by atoms with Crippen LogP contribution < -0.4 is 22.1 Å². The van der Waals surface area contributed by atoms with Gasteiger partial charge in [-0.3, -0.25) is 0 Å². The third-order valence-corrected chi connectivity index (χ3v) is 3.65. The molecule has 6 nitrogen and oxygen atoms in total. The summed E-state index contributed by atoms with van der Waals surface area (Å²) in [5.41, 5.74) is 15.4. The van der Waals surface area contributed by atoms with E-state index in [0.29, 0.717) is 12.4 Å². The Kier molecular flexibility index (Phi) is 5.80. The molecule has 0 radical (unpaired) electrons. The van der Waals surface area contributed by atoms with Gasteiger partial charge in [0.15, 0.2) is 0 Å². The molecule has 0 aliphatic carbocycles. The van der Waals surface area contributed by atoms with Gasteiger partial charge >= 0.3 is 0 Å². The summed E-state index contributed by atoms with van der Waals surface area (Å²) in [6.07, 6.45) is 9.58. The molecule has 0 aromatic carbocycles. The molecule has 2 aliphatic rings. The largest absolute Gasteiger partial charge is 0.384 e. The number of allylic oxidation sites excluding steroid dienone is 2. The summed E-state index contributed by atoms with van der Waals surface area (Å²) >= 11 is 0. The molecule has 0 amide bonds. The van der Waals surface area contributed by atoms with E-state index in [1.165, 1.54) is 5.57 Å². The van der Waals surface area contributed by atoms with Crippen LogP contribution in [0.4, 0.5) is 0 Å². The molecule has 0 aromatic heterocycles. The van der Waals surface area contributed by atoms with Crippen LogP contribution in [0, 0.1) is 0 Å². The molecule has 2 aliphatic heterocycles. The molecular weight excluding hydrogens is 276 g/mol. The van der Waals surface area contributed by atoms with Gasteiger partial charge in [0.2, 0.25) is 0 Å². The Balaban J connectivity index is 2.34. The first-order chi connectivity index (χ1) is 10.7. The van der Waals surface area contributed by atoms with Crippen LogP contribution >= 0.6 is 0 Å². The van der Waals surface area contributed by atoms with E-state index in [4.69, 9.17) is 11.5 Å².